The molecule has 0 saturated carbocycles. The normalized spacial score (nSPS) is 10.1. The topological polar surface area (TPSA) is 89.3 Å². The first-order valence-corrected chi connectivity index (χ1v) is 4.22. The number of hydrogen-bond acceptors (Lipinski definition) is 4. The molecule has 2 heterocycles. The van der Waals surface area contributed by atoms with Crippen LogP contribution in [0.15, 0.2) is 34.9 Å². The summed E-state index contributed by atoms with van der Waals surface area (Å²) < 4.78 is 5.09. The van der Waals surface area contributed by atoms with E-state index in [2.05, 4.69) is 4.98 Å². The average Bonchev–Trinajstić information content (AvgIpc) is 2.67. The Labute approximate surface area is 85.2 Å². The zero-order valence-electron chi connectivity index (χ0n) is 7.68. The molecule has 3 N–H and O–H groups in total. The number of hydrogen-bond donors (Lipinski definition) is 2. The molecule has 2 aromatic rings. The van der Waals surface area contributed by atoms with Crippen LogP contribution in [0.3, 0.4) is 0 Å². The Morgan fingerprint density at radius 2 is 2.20 bits per heavy atom. The summed E-state index contributed by atoms with van der Waals surface area (Å²) >= 11 is 0. The van der Waals surface area contributed by atoms with E-state index in [0.717, 1.165) is 0 Å². The van der Waals surface area contributed by atoms with E-state index < -0.39 is 5.97 Å². The maximum absolute atomic E-state index is 10.6. The van der Waals surface area contributed by atoms with Gasteiger partial charge in [-0.25, -0.2) is 9.78 Å². The number of nitrogen functional groups attached to an aromatic ring is 1. The molecule has 5 heteroatoms. The molecule has 76 valence electrons. The summed E-state index contributed by atoms with van der Waals surface area (Å²) in [6, 6.07) is 6.35. The number of carbonyl (C=O) groups is 1. The number of rotatable bonds is 2. The van der Waals surface area contributed by atoms with Crippen molar-refractivity contribution in [3.05, 3.63) is 36.2 Å². The predicted molar refractivity (Wildman–Crippen MR) is 53.3 cm³/mol. The highest BCUT2D eigenvalue weighted by Crippen LogP contribution is 2.25. The first-order valence-electron chi connectivity index (χ1n) is 4.22. The lowest BCUT2D eigenvalue weighted by molar-refractivity contribution is 0.0663. The summed E-state index contributed by atoms with van der Waals surface area (Å²) in [4.78, 5) is 14.5. The number of carboxylic acid groups (broad SMARTS) is 1. The predicted octanol–water partition coefficient (Wildman–Crippen LogP) is 1.62. The van der Waals surface area contributed by atoms with Crippen LogP contribution in [0, 0.1) is 0 Å². The van der Waals surface area contributed by atoms with Gasteiger partial charge >= 0.3 is 5.97 Å². The van der Waals surface area contributed by atoms with Gasteiger partial charge < -0.3 is 15.3 Å². The molecule has 15 heavy (non-hydrogen) atoms. The van der Waals surface area contributed by atoms with Crippen molar-refractivity contribution in [2.24, 2.45) is 0 Å². The van der Waals surface area contributed by atoms with E-state index >= 15 is 0 Å². The zero-order valence-corrected chi connectivity index (χ0v) is 7.68. The molecule has 0 saturated heterocycles. The number of aromatic nitrogens is 1. The van der Waals surface area contributed by atoms with Crippen LogP contribution in [0.2, 0.25) is 0 Å². The summed E-state index contributed by atoms with van der Waals surface area (Å²) in [5.74, 6) is -0.515. The molecule has 0 unspecified atom stereocenters. The van der Waals surface area contributed by atoms with Crippen molar-refractivity contribution >= 4 is 11.8 Å². The maximum Gasteiger partial charge on any atom is 0.371 e. The van der Waals surface area contributed by atoms with Crippen molar-refractivity contribution in [3.63, 3.8) is 0 Å². The molecule has 2 rings (SSSR count). The summed E-state index contributed by atoms with van der Waals surface area (Å²) in [7, 11) is 0. The quantitative estimate of drug-likeness (QED) is 0.775. The van der Waals surface area contributed by atoms with Crippen molar-refractivity contribution in [1.29, 1.82) is 0 Å². The minimum absolute atomic E-state index is 0.117. The van der Waals surface area contributed by atoms with E-state index in [1.165, 1.54) is 6.07 Å². The van der Waals surface area contributed by atoms with Gasteiger partial charge in [0.05, 0.1) is 5.56 Å². The lowest BCUT2D eigenvalue weighted by Gasteiger charge is -1.99. The molecular formula is C10H8N2O3. The summed E-state index contributed by atoms with van der Waals surface area (Å²) in [5.41, 5.74) is 6.21. The molecule has 0 bridgehead atoms. The number of nitrogens with zero attached hydrogens (tertiary/aromatic N) is 1. The van der Waals surface area contributed by atoms with E-state index in [9.17, 15) is 4.79 Å². The first-order chi connectivity index (χ1) is 7.18. The molecule has 0 amide bonds. The van der Waals surface area contributed by atoms with Crippen LogP contribution in [0.25, 0.3) is 11.3 Å². The first kappa shape index (κ1) is 9.26. The Kier molecular flexibility index (Phi) is 2.13. The van der Waals surface area contributed by atoms with Gasteiger partial charge in [0.1, 0.15) is 11.6 Å². The number of anilines is 1. The van der Waals surface area contributed by atoms with Crippen molar-refractivity contribution < 1.29 is 14.3 Å². The van der Waals surface area contributed by atoms with E-state index in [1.54, 1.807) is 24.4 Å². The SMILES string of the molecule is Nc1ncccc1-c1ccc(C(=O)O)o1. The third-order valence-electron chi connectivity index (χ3n) is 1.92. The van der Waals surface area contributed by atoms with E-state index in [-0.39, 0.29) is 5.76 Å². The highest BCUT2D eigenvalue weighted by Gasteiger charge is 2.12. The van der Waals surface area contributed by atoms with Crippen molar-refractivity contribution in [2.75, 3.05) is 5.73 Å². The molecular weight excluding hydrogens is 196 g/mol. The van der Waals surface area contributed by atoms with Crippen LogP contribution in [0.1, 0.15) is 10.6 Å². The number of nitrogens with two attached hydrogens (primary N) is 1. The van der Waals surface area contributed by atoms with Gasteiger partial charge in [0.2, 0.25) is 5.76 Å². The number of pyridine rings is 1. The van der Waals surface area contributed by atoms with E-state index in [4.69, 9.17) is 15.3 Å². The Morgan fingerprint density at radius 1 is 1.40 bits per heavy atom. The summed E-state index contributed by atoms with van der Waals surface area (Å²) in [6.45, 7) is 0. The molecule has 0 radical (unpaired) electrons. The third-order valence-corrected chi connectivity index (χ3v) is 1.92. The zero-order chi connectivity index (χ0) is 10.8. The number of carboxylic acids is 1. The van der Waals surface area contributed by atoms with Gasteiger partial charge in [-0.3, -0.25) is 0 Å². The van der Waals surface area contributed by atoms with Crippen LogP contribution in [0.5, 0.6) is 0 Å². The monoisotopic (exact) mass is 204 g/mol. The van der Waals surface area contributed by atoms with Gasteiger partial charge in [-0.15, -0.1) is 0 Å². The molecule has 0 spiro atoms. The minimum Gasteiger partial charge on any atom is -0.475 e. The largest absolute Gasteiger partial charge is 0.475 e. The molecule has 0 aromatic carbocycles. The van der Waals surface area contributed by atoms with Crippen molar-refractivity contribution in [1.82, 2.24) is 4.98 Å². The fourth-order valence-electron chi connectivity index (χ4n) is 1.22. The molecule has 5 nitrogen and oxygen atoms in total. The highest BCUT2D eigenvalue weighted by molar-refractivity contribution is 5.85. The minimum atomic E-state index is -1.11. The number of aromatic carboxylic acids is 1. The van der Waals surface area contributed by atoms with Gasteiger partial charge in [-0.1, -0.05) is 0 Å². The second kappa shape index (κ2) is 3.45. The Balaban J connectivity index is 2.46. The second-order valence-electron chi connectivity index (χ2n) is 2.91. The smallest absolute Gasteiger partial charge is 0.371 e. The lowest BCUT2D eigenvalue weighted by Crippen LogP contribution is -1.93. The molecule has 2 aromatic heterocycles. The van der Waals surface area contributed by atoms with Gasteiger partial charge in [-0.05, 0) is 24.3 Å². The molecule has 0 fully saturated rings. The highest BCUT2D eigenvalue weighted by atomic mass is 16.4. The lowest BCUT2D eigenvalue weighted by atomic mass is 10.2. The van der Waals surface area contributed by atoms with Crippen LogP contribution in [-0.2, 0) is 0 Å². The Bertz CT molecular complexity index is 505. The third kappa shape index (κ3) is 1.67. The summed E-state index contributed by atoms with van der Waals surface area (Å²) in [6.07, 6.45) is 1.56. The molecule has 0 aliphatic heterocycles. The van der Waals surface area contributed by atoms with Crippen LogP contribution in [0.4, 0.5) is 5.82 Å². The van der Waals surface area contributed by atoms with E-state index in [1.807, 2.05) is 0 Å². The fourth-order valence-corrected chi connectivity index (χ4v) is 1.22. The molecule has 0 aliphatic carbocycles. The standard InChI is InChI=1S/C10H8N2O3/c11-9-6(2-1-5-12-9)7-3-4-8(15-7)10(13)14/h1-5H,(H2,11,12)(H,13,14). The van der Waals surface area contributed by atoms with Crippen LogP contribution >= 0.6 is 0 Å². The second-order valence-corrected chi connectivity index (χ2v) is 2.91. The Hall–Kier alpha value is -2.30. The van der Waals surface area contributed by atoms with Crippen LogP contribution in [-0.4, -0.2) is 16.1 Å². The van der Waals surface area contributed by atoms with Gasteiger partial charge in [0.25, 0.3) is 0 Å². The fraction of sp³-hybridized carbons (Fsp3) is 0. The van der Waals surface area contributed by atoms with Crippen molar-refractivity contribution in [3.8, 4) is 11.3 Å². The summed E-state index contributed by atoms with van der Waals surface area (Å²) in [5, 5.41) is 8.67. The average molecular weight is 204 g/mol. The van der Waals surface area contributed by atoms with Gasteiger partial charge in [0, 0.05) is 6.20 Å². The van der Waals surface area contributed by atoms with Gasteiger partial charge in [-0.2, -0.15) is 0 Å². The maximum atomic E-state index is 10.6. The van der Waals surface area contributed by atoms with Crippen LogP contribution < -0.4 is 5.73 Å². The van der Waals surface area contributed by atoms with Gasteiger partial charge in [0.15, 0.2) is 0 Å². The van der Waals surface area contributed by atoms with E-state index in [0.29, 0.717) is 17.1 Å². The Morgan fingerprint density at radius 3 is 2.80 bits per heavy atom. The van der Waals surface area contributed by atoms with Crippen molar-refractivity contribution in [2.45, 2.75) is 0 Å². The molecule has 0 aliphatic rings. The number of furan rings is 1. The molecule has 0 atom stereocenters.